The molecule has 150 valence electrons. The molecule has 0 radical (unpaired) electrons. The molecule has 1 aliphatic carbocycles. The minimum absolute atomic E-state index is 0.166. The third kappa shape index (κ3) is 3.55. The molecule has 1 fully saturated rings. The molecule has 0 amide bonds. The highest BCUT2D eigenvalue weighted by atomic mass is 32.1. The normalized spacial score (nSPS) is 24.0. The monoisotopic (exact) mass is 399 g/mol. The first-order valence-electron chi connectivity index (χ1n) is 10.2. The van der Waals surface area contributed by atoms with Gasteiger partial charge in [0.2, 0.25) is 0 Å². The number of ether oxygens (including phenoxy) is 1. The van der Waals surface area contributed by atoms with Gasteiger partial charge in [-0.1, -0.05) is 31.3 Å². The van der Waals surface area contributed by atoms with Gasteiger partial charge in [-0.25, -0.2) is 0 Å². The molecule has 6 heteroatoms. The van der Waals surface area contributed by atoms with Gasteiger partial charge in [0, 0.05) is 48.1 Å². The highest BCUT2D eigenvalue weighted by molar-refractivity contribution is 7.80. The average molecular weight is 400 g/mol. The number of carbonyl (C=O) groups is 1. The number of hydrogen-bond acceptors (Lipinski definition) is 4. The van der Waals surface area contributed by atoms with Crippen LogP contribution in [0, 0.1) is 6.92 Å². The van der Waals surface area contributed by atoms with Crippen molar-refractivity contribution in [2.75, 3.05) is 19.7 Å². The van der Waals surface area contributed by atoms with Crippen LogP contribution in [0.15, 0.2) is 18.2 Å². The Balaban J connectivity index is 1.61. The Morgan fingerprint density at radius 1 is 1.43 bits per heavy atom. The zero-order valence-electron chi connectivity index (χ0n) is 16.9. The fraction of sp³-hybridized carbons (Fsp3) is 0.545. The van der Waals surface area contributed by atoms with Gasteiger partial charge in [0.25, 0.3) is 0 Å². The van der Waals surface area contributed by atoms with Crippen molar-refractivity contribution in [3.05, 3.63) is 35.0 Å². The van der Waals surface area contributed by atoms with E-state index < -0.39 is 0 Å². The average Bonchev–Trinajstić information content (AvgIpc) is 2.98. The molecule has 0 saturated carbocycles. The summed E-state index contributed by atoms with van der Waals surface area (Å²) in [6, 6.07) is 7.47. The van der Waals surface area contributed by atoms with Crippen LogP contribution in [0.2, 0.25) is 0 Å². The van der Waals surface area contributed by atoms with Crippen molar-refractivity contribution in [3.8, 4) is 0 Å². The van der Waals surface area contributed by atoms with Crippen LogP contribution in [0.5, 0.6) is 0 Å². The van der Waals surface area contributed by atoms with E-state index in [0.29, 0.717) is 16.9 Å². The summed E-state index contributed by atoms with van der Waals surface area (Å²) < 4.78 is 5.06. The largest absolute Gasteiger partial charge is 0.459 e. The van der Waals surface area contributed by atoms with E-state index in [0.717, 1.165) is 32.4 Å². The summed E-state index contributed by atoms with van der Waals surface area (Å²) in [5.41, 5.74) is 5.52. The van der Waals surface area contributed by atoms with Gasteiger partial charge in [0.15, 0.2) is 0 Å². The number of carbonyl (C=O) groups excluding carboxylic acids is 1. The van der Waals surface area contributed by atoms with E-state index in [1.54, 1.807) is 0 Å². The predicted molar refractivity (Wildman–Crippen MR) is 116 cm³/mol. The molecular weight excluding hydrogens is 370 g/mol. The Morgan fingerprint density at radius 2 is 2.25 bits per heavy atom. The summed E-state index contributed by atoms with van der Waals surface area (Å²) in [5, 5.41) is 4.89. The molecule has 2 heterocycles. The molecule has 3 atom stereocenters. The lowest BCUT2D eigenvalue weighted by atomic mass is 9.73. The van der Waals surface area contributed by atoms with Gasteiger partial charge in [0.1, 0.15) is 11.6 Å². The Kier molecular flexibility index (Phi) is 5.43. The van der Waals surface area contributed by atoms with Crippen LogP contribution in [0.1, 0.15) is 49.4 Å². The molecular formula is C22H29N3O2S. The van der Waals surface area contributed by atoms with E-state index >= 15 is 0 Å². The standard InChI is InChI=1S/C22H29N3O2S/c1-4-8-25-11-15(24-21(28)12-27-14(3)26)9-18-16-6-5-7-19-22(16)17(10-20(18)25)13(2)23-19/h5-7,15,18,20,23H,4,8-12H2,1-3H3,(H,24,28)/t15-,18?,20+/m0/s1. The minimum Gasteiger partial charge on any atom is -0.459 e. The van der Waals surface area contributed by atoms with E-state index in [1.807, 2.05) is 0 Å². The lowest BCUT2D eigenvalue weighted by Crippen LogP contribution is -2.56. The molecule has 1 aromatic heterocycles. The Labute approximate surface area is 171 Å². The molecule has 2 aromatic rings. The van der Waals surface area contributed by atoms with Crippen LogP contribution in [0.3, 0.4) is 0 Å². The summed E-state index contributed by atoms with van der Waals surface area (Å²) in [6.45, 7) is 8.09. The Morgan fingerprint density at radius 3 is 3.00 bits per heavy atom. The van der Waals surface area contributed by atoms with E-state index in [2.05, 4.69) is 47.2 Å². The number of esters is 1. The Bertz CT molecular complexity index is 907. The van der Waals surface area contributed by atoms with Crippen molar-refractivity contribution >= 4 is 34.1 Å². The zero-order valence-corrected chi connectivity index (χ0v) is 17.7. The molecule has 1 aromatic carbocycles. The molecule has 5 nitrogen and oxygen atoms in total. The highest BCUT2D eigenvalue weighted by Crippen LogP contribution is 2.44. The van der Waals surface area contributed by atoms with Gasteiger partial charge in [-0.05, 0) is 49.9 Å². The van der Waals surface area contributed by atoms with Crippen LogP contribution in [-0.2, 0) is 16.0 Å². The molecule has 2 N–H and O–H groups in total. The molecule has 4 rings (SSSR count). The van der Waals surface area contributed by atoms with Crippen LogP contribution in [0.4, 0.5) is 0 Å². The lowest BCUT2D eigenvalue weighted by molar-refractivity contribution is -0.139. The highest BCUT2D eigenvalue weighted by Gasteiger charge is 2.41. The van der Waals surface area contributed by atoms with Crippen molar-refractivity contribution in [1.82, 2.24) is 15.2 Å². The van der Waals surface area contributed by atoms with Crippen molar-refractivity contribution in [1.29, 1.82) is 0 Å². The number of rotatable bonds is 5. The number of nitrogens with one attached hydrogen (secondary N) is 2. The van der Waals surface area contributed by atoms with Gasteiger partial charge in [-0.3, -0.25) is 9.69 Å². The van der Waals surface area contributed by atoms with Crippen LogP contribution in [-0.4, -0.2) is 52.6 Å². The van der Waals surface area contributed by atoms with Crippen molar-refractivity contribution in [3.63, 3.8) is 0 Å². The third-order valence-electron chi connectivity index (χ3n) is 6.20. The first-order chi connectivity index (χ1) is 13.5. The predicted octanol–water partition coefficient (Wildman–Crippen LogP) is 3.45. The maximum Gasteiger partial charge on any atom is 0.303 e. The van der Waals surface area contributed by atoms with Gasteiger partial charge in [0.05, 0.1) is 0 Å². The number of piperidine rings is 1. The second kappa shape index (κ2) is 7.84. The summed E-state index contributed by atoms with van der Waals surface area (Å²) in [6.07, 6.45) is 3.29. The van der Waals surface area contributed by atoms with Gasteiger partial charge < -0.3 is 15.0 Å². The molecule has 1 unspecified atom stereocenters. The first-order valence-corrected chi connectivity index (χ1v) is 10.7. The fourth-order valence-corrected chi connectivity index (χ4v) is 5.38. The number of likely N-dealkylation sites (tertiary alicyclic amines) is 1. The molecule has 28 heavy (non-hydrogen) atoms. The number of aryl methyl sites for hydroxylation is 1. The van der Waals surface area contributed by atoms with Crippen molar-refractivity contribution in [2.24, 2.45) is 0 Å². The van der Waals surface area contributed by atoms with E-state index in [9.17, 15) is 4.79 Å². The van der Waals surface area contributed by atoms with Gasteiger partial charge in [-0.2, -0.15) is 0 Å². The smallest absolute Gasteiger partial charge is 0.303 e. The molecule has 0 bridgehead atoms. The van der Waals surface area contributed by atoms with Crippen molar-refractivity contribution < 1.29 is 9.53 Å². The SMILES string of the molecule is CCCN1C[C@@H](NC(=S)COC(C)=O)CC2c3cccc4[nH]c(C)c(c34)C[C@H]21. The van der Waals surface area contributed by atoms with Gasteiger partial charge >= 0.3 is 5.97 Å². The van der Waals surface area contributed by atoms with Crippen LogP contribution >= 0.6 is 12.2 Å². The minimum atomic E-state index is -0.296. The van der Waals surface area contributed by atoms with E-state index in [1.165, 1.54) is 34.6 Å². The second-order valence-electron chi connectivity index (χ2n) is 8.15. The number of benzene rings is 1. The van der Waals surface area contributed by atoms with E-state index in [4.69, 9.17) is 17.0 Å². The maximum absolute atomic E-state index is 11.1. The third-order valence-corrected chi connectivity index (χ3v) is 6.43. The molecule has 0 spiro atoms. The quantitative estimate of drug-likeness (QED) is 0.596. The van der Waals surface area contributed by atoms with E-state index in [-0.39, 0.29) is 18.6 Å². The number of hydrogen-bond donors (Lipinski definition) is 2. The molecule has 1 aliphatic heterocycles. The Hall–Kier alpha value is -1.92. The first kappa shape index (κ1) is 19.4. The topological polar surface area (TPSA) is 57.4 Å². The van der Waals surface area contributed by atoms with Gasteiger partial charge in [-0.15, -0.1) is 0 Å². The number of aromatic amines is 1. The zero-order chi connectivity index (χ0) is 19.8. The second-order valence-corrected chi connectivity index (χ2v) is 8.64. The molecule has 2 aliphatic rings. The maximum atomic E-state index is 11.1. The number of thiocarbonyl (C=S) groups is 1. The summed E-state index contributed by atoms with van der Waals surface area (Å²) in [5.74, 6) is 0.190. The molecule has 1 saturated heterocycles. The van der Waals surface area contributed by atoms with Crippen LogP contribution < -0.4 is 5.32 Å². The lowest BCUT2D eigenvalue weighted by Gasteiger charge is -2.47. The number of nitrogens with zero attached hydrogens (tertiary/aromatic N) is 1. The summed E-state index contributed by atoms with van der Waals surface area (Å²) in [7, 11) is 0. The number of aromatic nitrogens is 1. The number of H-pyrrole nitrogens is 1. The van der Waals surface area contributed by atoms with Crippen LogP contribution in [0.25, 0.3) is 10.9 Å². The summed E-state index contributed by atoms with van der Waals surface area (Å²) in [4.78, 5) is 17.9. The summed E-state index contributed by atoms with van der Waals surface area (Å²) >= 11 is 5.42. The van der Waals surface area contributed by atoms with Crippen molar-refractivity contribution in [2.45, 2.75) is 58.0 Å². The fourth-order valence-electron chi connectivity index (χ4n) is 5.15. The number of fused-ring (bicyclic) bond motifs is 2.